The number of nitrogens with zero attached hydrogens (tertiary/aromatic N) is 1. The maximum absolute atomic E-state index is 13.9. The molecule has 0 saturated carbocycles. The van der Waals surface area contributed by atoms with Gasteiger partial charge in [0.15, 0.2) is 0 Å². The van der Waals surface area contributed by atoms with Gasteiger partial charge >= 0.3 is 0 Å². The first kappa shape index (κ1) is 14.6. The molecule has 8 heteroatoms. The maximum atomic E-state index is 13.9. The Balaban J connectivity index is 2.41. The number of allylic oxidation sites excluding steroid dienone is 3. The average Bonchev–Trinajstić information content (AvgIpc) is 2.47. The lowest BCUT2D eigenvalue weighted by Gasteiger charge is -2.30. The van der Waals surface area contributed by atoms with Crippen molar-refractivity contribution in [2.45, 2.75) is 18.9 Å². The Kier molecular flexibility index (Phi) is 3.97. The molecule has 2 aliphatic rings. The van der Waals surface area contributed by atoms with E-state index >= 15 is 0 Å². The molecule has 2 heterocycles. The predicted molar refractivity (Wildman–Crippen MR) is 68.6 cm³/mol. The van der Waals surface area contributed by atoms with Gasteiger partial charge in [0.2, 0.25) is 17.6 Å². The molecule has 0 spiro atoms. The Hall–Kier alpha value is -2.77. The second-order valence-electron chi connectivity index (χ2n) is 4.47. The molecule has 110 valence electrons. The Morgan fingerprint density at radius 1 is 1.19 bits per heavy atom. The van der Waals surface area contributed by atoms with Gasteiger partial charge in [-0.05, 0) is 12.5 Å². The summed E-state index contributed by atoms with van der Waals surface area (Å²) in [5, 5.41) is 2.01. The third kappa shape index (κ3) is 2.88. The highest BCUT2D eigenvalue weighted by Gasteiger charge is 2.39. The van der Waals surface area contributed by atoms with Crippen LogP contribution >= 0.6 is 0 Å². The first-order valence-electron chi connectivity index (χ1n) is 6.13. The number of nitrogens with one attached hydrogen (secondary N) is 1. The number of piperidine rings is 1. The summed E-state index contributed by atoms with van der Waals surface area (Å²) in [5.74, 6) is -4.81. The van der Waals surface area contributed by atoms with Gasteiger partial charge in [0.25, 0.3) is 11.8 Å². The van der Waals surface area contributed by atoms with E-state index in [0.29, 0.717) is 4.90 Å². The fourth-order valence-corrected chi connectivity index (χ4v) is 2.00. The van der Waals surface area contributed by atoms with Crippen LogP contribution in [0.3, 0.4) is 0 Å². The second kappa shape index (κ2) is 5.70. The van der Waals surface area contributed by atoms with Crippen LogP contribution < -0.4 is 11.1 Å². The number of amides is 4. The van der Waals surface area contributed by atoms with Crippen LogP contribution in [0.25, 0.3) is 0 Å². The molecule has 0 radical (unpaired) electrons. The topological polar surface area (TPSA) is 110 Å². The first-order chi connectivity index (χ1) is 9.91. The standard InChI is InChI=1S/C13H12FN3O4/c14-11-7(15)3-1-2-4-10(19)17(13(11)21)8-5-6-9(18)16-12(8)20/h1-4,8H,5-6,15H2,(H,16,18,20)/b3-1?,4-2+,11-7?. The van der Waals surface area contributed by atoms with Crippen LogP contribution in [-0.2, 0) is 19.2 Å². The Labute approximate surface area is 118 Å². The molecule has 0 aliphatic carbocycles. The van der Waals surface area contributed by atoms with Crippen LogP contribution in [0, 0.1) is 0 Å². The molecular formula is C13H12FN3O4. The van der Waals surface area contributed by atoms with Gasteiger partial charge in [-0.25, -0.2) is 0 Å². The molecule has 1 fully saturated rings. The summed E-state index contributed by atoms with van der Waals surface area (Å²) >= 11 is 0. The van der Waals surface area contributed by atoms with E-state index in [1.807, 2.05) is 5.32 Å². The monoisotopic (exact) mass is 293 g/mol. The quantitative estimate of drug-likeness (QED) is 0.628. The summed E-state index contributed by atoms with van der Waals surface area (Å²) in [7, 11) is 0. The molecule has 0 aromatic heterocycles. The highest BCUT2D eigenvalue weighted by atomic mass is 19.1. The highest BCUT2D eigenvalue weighted by Crippen LogP contribution is 2.18. The molecule has 0 bridgehead atoms. The Morgan fingerprint density at radius 3 is 2.52 bits per heavy atom. The number of nitrogens with two attached hydrogens (primary N) is 1. The van der Waals surface area contributed by atoms with Gasteiger partial charge in [0.05, 0.1) is 5.70 Å². The van der Waals surface area contributed by atoms with Gasteiger partial charge in [-0.15, -0.1) is 0 Å². The van der Waals surface area contributed by atoms with Crippen molar-refractivity contribution >= 4 is 23.6 Å². The van der Waals surface area contributed by atoms with Gasteiger partial charge in [-0.2, -0.15) is 4.39 Å². The van der Waals surface area contributed by atoms with E-state index in [1.165, 1.54) is 12.2 Å². The molecule has 7 nitrogen and oxygen atoms in total. The zero-order chi connectivity index (χ0) is 15.6. The summed E-state index contributed by atoms with van der Waals surface area (Å²) < 4.78 is 13.9. The SMILES string of the molecule is NC1=C(F)C(=O)N(C2CCC(=O)NC2=O)C(=O)/C=C/C=C1. The van der Waals surface area contributed by atoms with Crippen LogP contribution in [0.1, 0.15) is 12.8 Å². The molecule has 21 heavy (non-hydrogen) atoms. The lowest BCUT2D eigenvalue weighted by atomic mass is 10.0. The van der Waals surface area contributed by atoms with Crippen LogP contribution in [0.2, 0.25) is 0 Å². The predicted octanol–water partition coefficient (Wildman–Crippen LogP) is -0.587. The van der Waals surface area contributed by atoms with Gasteiger partial charge in [-0.3, -0.25) is 29.4 Å². The summed E-state index contributed by atoms with van der Waals surface area (Å²) in [6, 6.07) is -1.25. The van der Waals surface area contributed by atoms with Crippen molar-refractivity contribution in [3.63, 3.8) is 0 Å². The van der Waals surface area contributed by atoms with Crippen molar-refractivity contribution in [3.05, 3.63) is 35.8 Å². The number of rotatable bonds is 1. The highest BCUT2D eigenvalue weighted by molar-refractivity contribution is 6.12. The molecule has 3 N–H and O–H groups in total. The van der Waals surface area contributed by atoms with E-state index < -0.39 is 41.2 Å². The van der Waals surface area contributed by atoms with Gasteiger partial charge in [-0.1, -0.05) is 12.2 Å². The fraction of sp³-hybridized carbons (Fsp3) is 0.231. The molecular weight excluding hydrogens is 281 g/mol. The van der Waals surface area contributed by atoms with E-state index in [0.717, 1.165) is 12.2 Å². The van der Waals surface area contributed by atoms with Gasteiger partial charge in [0.1, 0.15) is 6.04 Å². The van der Waals surface area contributed by atoms with Crippen molar-refractivity contribution in [2.24, 2.45) is 5.73 Å². The van der Waals surface area contributed by atoms with E-state index in [9.17, 15) is 23.6 Å². The normalized spacial score (nSPS) is 25.4. The van der Waals surface area contributed by atoms with Crippen LogP contribution in [0.4, 0.5) is 4.39 Å². The molecule has 1 unspecified atom stereocenters. The third-order valence-electron chi connectivity index (χ3n) is 3.04. The number of carbonyl (C=O) groups is 4. The second-order valence-corrected chi connectivity index (χ2v) is 4.47. The number of hydrogen-bond donors (Lipinski definition) is 2. The summed E-state index contributed by atoms with van der Waals surface area (Å²) in [6.45, 7) is 0. The summed E-state index contributed by atoms with van der Waals surface area (Å²) in [6.07, 6.45) is 4.62. The van der Waals surface area contributed by atoms with E-state index in [4.69, 9.17) is 5.73 Å². The Bertz CT molecular complexity index is 621. The van der Waals surface area contributed by atoms with Gasteiger partial charge in [0, 0.05) is 12.5 Å². The lowest BCUT2D eigenvalue weighted by molar-refractivity contribution is -0.151. The van der Waals surface area contributed by atoms with Crippen molar-refractivity contribution in [3.8, 4) is 0 Å². The smallest absolute Gasteiger partial charge is 0.292 e. The number of halogens is 1. The van der Waals surface area contributed by atoms with Crippen molar-refractivity contribution in [2.75, 3.05) is 0 Å². The number of carbonyl (C=O) groups excluding carboxylic acids is 4. The average molecular weight is 293 g/mol. The zero-order valence-electron chi connectivity index (χ0n) is 10.8. The van der Waals surface area contributed by atoms with E-state index in [2.05, 4.69) is 0 Å². The summed E-state index contributed by atoms with van der Waals surface area (Å²) in [5.41, 5.74) is 4.92. The molecule has 0 aromatic rings. The Morgan fingerprint density at radius 2 is 1.86 bits per heavy atom. The van der Waals surface area contributed by atoms with Crippen molar-refractivity contribution in [1.82, 2.24) is 10.2 Å². The molecule has 1 atom stereocenters. The van der Waals surface area contributed by atoms with E-state index in [1.54, 1.807) is 0 Å². The largest absolute Gasteiger partial charge is 0.396 e. The van der Waals surface area contributed by atoms with Crippen LogP contribution in [0.15, 0.2) is 35.8 Å². The molecule has 1 saturated heterocycles. The maximum Gasteiger partial charge on any atom is 0.292 e. The molecule has 0 aromatic carbocycles. The number of hydrogen-bond acceptors (Lipinski definition) is 5. The van der Waals surface area contributed by atoms with Gasteiger partial charge < -0.3 is 5.73 Å². The van der Waals surface area contributed by atoms with Crippen LogP contribution in [0.5, 0.6) is 0 Å². The minimum Gasteiger partial charge on any atom is -0.396 e. The molecule has 2 rings (SSSR count). The first-order valence-corrected chi connectivity index (χ1v) is 6.13. The molecule has 4 amide bonds. The molecule has 2 aliphatic heterocycles. The van der Waals surface area contributed by atoms with E-state index in [-0.39, 0.29) is 12.8 Å². The lowest BCUT2D eigenvalue weighted by Crippen LogP contribution is -2.56. The minimum absolute atomic E-state index is 0.0454. The van der Waals surface area contributed by atoms with Crippen molar-refractivity contribution in [1.29, 1.82) is 0 Å². The zero-order valence-corrected chi connectivity index (χ0v) is 10.8. The van der Waals surface area contributed by atoms with Crippen molar-refractivity contribution < 1.29 is 23.6 Å². The van der Waals surface area contributed by atoms with Crippen LogP contribution in [-0.4, -0.2) is 34.6 Å². The third-order valence-corrected chi connectivity index (χ3v) is 3.04. The summed E-state index contributed by atoms with van der Waals surface area (Å²) in [4.78, 5) is 47.4. The fourth-order valence-electron chi connectivity index (χ4n) is 2.00. The minimum atomic E-state index is -1.33. The number of imide groups is 2.